The van der Waals surface area contributed by atoms with Crippen molar-refractivity contribution in [1.29, 1.82) is 0 Å². The van der Waals surface area contributed by atoms with Crippen LogP contribution >= 0.6 is 0 Å². The van der Waals surface area contributed by atoms with E-state index in [0.717, 1.165) is 0 Å². The van der Waals surface area contributed by atoms with E-state index in [0.29, 0.717) is 11.3 Å². The fraction of sp³-hybridized carbons (Fsp3) is 0.250. The third-order valence-electron chi connectivity index (χ3n) is 1.71. The normalized spacial score (nSPS) is 9.92. The van der Waals surface area contributed by atoms with E-state index in [9.17, 15) is 9.59 Å². The van der Waals surface area contributed by atoms with Crippen molar-refractivity contribution in [3.63, 3.8) is 0 Å². The minimum atomic E-state index is -1.10. The van der Waals surface area contributed by atoms with Gasteiger partial charge >= 0.3 is 11.9 Å². The van der Waals surface area contributed by atoms with Gasteiger partial charge in [0.2, 0.25) is 0 Å². The Morgan fingerprint density at radius 3 is 2.54 bits per heavy atom. The van der Waals surface area contributed by atoms with Crippen LogP contribution in [-0.2, 0) is 11.2 Å². The first kappa shape index (κ1) is 9.31. The number of aromatic nitrogens is 1. The maximum atomic E-state index is 10.7. The van der Waals surface area contributed by atoms with Crippen molar-refractivity contribution in [1.82, 2.24) is 4.98 Å². The zero-order valence-corrected chi connectivity index (χ0v) is 7.00. The van der Waals surface area contributed by atoms with Crippen molar-refractivity contribution >= 4 is 11.9 Å². The van der Waals surface area contributed by atoms with Crippen LogP contribution in [0.5, 0.6) is 0 Å². The Kier molecular flexibility index (Phi) is 2.36. The van der Waals surface area contributed by atoms with Gasteiger partial charge in [-0.1, -0.05) is 0 Å². The average Bonchev–Trinajstić information content (AvgIpc) is 2.30. The predicted octanol–water partition coefficient (Wildman–Crippen LogP) is 0.648. The van der Waals surface area contributed by atoms with Crippen LogP contribution in [0.1, 0.15) is 21.6 Å². The molecule has 70 valence electrons. The Morgan fingerprint density at radius 1 is 1.46 bits per heavy atom. The number of nitrogens with one attached hydrogen (secondary N) is 1. The van der Waals surface area contributed by atoms with Crippen molar-refractivity contribution in [3.05, 3.63) is 23.0 Å². The molecule has 0 atom stereocenters. The highest BCUT2D eigenvalue weighted by atomic mass is 16.4. The Bertz CT molecular complexity index is 353. The number of aliphatic carboxylic acids is 1. The zero-order chi connectivity index (χ0) is 10.0. The number of hydrogen-bond acceptors (Lipinski definition) is 2. The molecular formula is C8H9NO4. The number of aromatic amines is 1. The topological polar surface area (TPSA) is 90.4 Å². The van der Waals surface area contributed by atoms with Gasteiger partial charge < -0.3 is 15.2 Å². The molecule has 0 aliphatic carbocycles. The van der Waals surface area contributed by atoms with Gasteiger partial charge in [0.25, 0.3) is 0 Å². The van der Waals surface area contributed by atoms with Gasteiger partial charge in [-0.25, -0.2) is 4.79 Å². The summed E-state index contributed by atoms with van der Waals surface area (Å²) in [5.74, 6) is -2.14. The van der Waals surface area contributed by atoms with E-state index in [-0.39, 0.29) is 12.0 Å². The summed E-state index contributed by atoms with van der Waals surface area (Å²) in [6.07, 6.45) is 1.14. The minimum absolute atomic E-state index is 0.0578. The first-order valence-electron chi connectivity index (χ1n) is 3.64. The van der Waals surface area contributed by atoms with E-state index in [4.69, 9.17) is 10.2 Å². The lowest BCUT2D eigenvalue weighted by Crippen LogP contribution is -2.06. The third kappa shape index (κ3) is 1.87. The van der Waals surface area contributed by atoms with Gasteiger partial charge in [0.1, 0.15) is 0 Å². The molecular weight excluding hydrogens is 174 g/mol. The molecule has 1 aromatic heterocycles. The Labute approximate surface area is 74.0 Å². The standard InChI is InChI=1S/C8H9NO4/c1-4-7(8(12)13)5(3-9-4)2-6(10)11/h3,9H,2H2,1H3,(H,10,11)(H,12,13). The highest BCUT2D eigenvalue weighted by Crippen LogP contribution is 2.13. The molecule has 5 heteroatoms. The lowest BCUT2D eigenvalue weighted by molar-refractivity contribution is -0.136. The largest absolute Gasteiger partial charge is 0.481 e. The molecule has 13 heavy (non-hydrogen) atoms. The summed E-state index contributed by atoms with van der Waals surface area (Å²) in [4.78, 5) is 23.7. The quantitative estimate of drug-likeness (QED) is 0.641. The molecule has 0 aliphatic heterocycles. The fourth-order valence-corrected chi connectivity index (χ4v) is 1.18. The van der Waals surface area contributed by atoms with E-state index in [1.54, 1.807) is 6.92 Å². The van der Waals surface area contributed by atoms with Gasteiger partial charge in [-0.3, -0.25) is 4.79 Å². The molecule has 0 saturated carbocycles. The second kappa shape index (κ2) is 3.30. The Morgan fingerprint density at radius 2 is 2.08 bits per heavy atom. The molecule has 0 amide bonds. The summed E-state index contributed by atoms with van der Waals surface area (Å²) in [5, 5.41) is 17.2. The molecule has 0 fully saturated rings. The Hall–Kier alpha value is -1.78. The monoisotopic (exact) mass is 183 g/mol. The molecule has 1 heterocycles. The van der Waals surface area contributed by atoms with Crippen molar-refractivity contribution in [2.75, 3.05) is 0 Å². The second-order valence-corrected chi connectivity index (χ2v) is 2.69. The Balaban J connectivity index is 3.07. The fourth-order valence-electron chi connectivity index (χ4n) is 1.18. The number of H-pyrrole nitrogens is 1. The first-order chi connectivity index (χ1) is 6.02. The molecule has 0 unspecified atom stereocenters. The lowest BCUT2D eigenvalue weighted by atomic mass is 10.1. The molecule has 5 nitrogen and oxygen atoms in total. The van der Waals surface area contributed by atoms with Crippen LogP contribution in [0.2, 0.25) is 0 Å². The molecule has 3 N–H and O–H groups in total. The number of aryl methyl sites for hydroxylation is 1. The van der Waals surface area contributed by atoms with E-state index in [1.165, 1.54) is 6.20 Å². The number of aromatic carboxylic acids is 1. The smallest absolute Gasteiger partial charge is 0.337 e. The number of hydrogen-bond donors (Lipinski definition) is 3. The molecule has 1 rings (SSSR count). The highest BCUT2D eigenvalue weighted by molar-refractivity contribution is 5.92. The molecule has 0 radical (unpaired) electrons. The van der Waals surface area contributed by atoms with Gasteiger partial charge in [0.05, 0.1) is 12.0 Å². The zero-order valence-electron chi connectivity index (χ0n) is 7.00. The van der Waals surface area contributed by atoms with Crippen LogP contribution in [0.25, 0.3) is 0 Å². The highest BCUT2D eigenvalue weighted by Gasteiger charge is 2.16. The van der Waals surface area contributed by atoms with Crippen molar-refractivity contribution in [2.24, 2.45) is 0 Å². The predicted molar refractivity (Wildman–Crippen MR) is 43.8 cm³/mol. The molecule has 1 aromatic rings. The maximum absolute atomic E-state index is 10.7. The van der Waals surface area contributed by atoms with Crippen molar-refractivity contribution in [2.45, 2.75) is 13.3 Å². The van der Waals surface area contributed by atoms with Gasteiger partial charge in [0.15, 0.2) is 0 Å². The molecule has 0 bridgehead atoms. The van der Waals surface area contributed by atoms with Gasteiger partial charge in [0, 0.05) is 11.9 Å². The van der Waals surface area contributed by atoms with E-state index < -0.39 is 11.9 Å². The van der Waals surface area contributed by atoms with Gasteiger partial charge in [-0.05, 0) is 12.5 Å². The average molecular weight is 183 g/mol. The summed E-state index contributed by atoms with van der Waals surface area (Å²) < 4.78 is 0. The summed E-state index contributed by atoms with van der Waals surface area (Å²) in [5.41, 5.74) is 0.837. The molecule has 0 aromatic carbocycles. The van der Waals surface area contributed by atoms with E-state index in [1.807, 2.05) is 0 Å². The number of rotatable bonds is 3. The molecule has 0 spiro atoms. The van der Waals surface area contributed by atoms with Crippen LogP contribution in [0.4, 0.5) is 0 Å². The third-order valence-corrected chi connectivity index (χ3v) is 1.71. The van der Waals surface area contributed by atoms with Crippen LogP contribution in [0.3, 0.4) is 0 Å². The van der Waals surface area contributed by atoms with Gasteiger partial charge in [-0.15, -0.1) is 0 Å². The number of carbonyl (C=O) groups is 2. The van der Waals surface area contributed by atoms with Crippen LogP contribution in [0, 0.1) is 6.92 Å². The van der Waals surface area contributed by atoms with Crippen LogP contribution in [0.15, 0.2) is 6.20 Å². The maximum Gasteiger partial charge on any atom is 0.337 e. The molecule has 0 saturated heterocycles. The number of carboxylic acids is 2. The summed E-state index contributed by atoms with van der Waals surface area (Å²) in [6.45, 7) is 1.59. The van der Waals surface area contributed by atoms with Crippen LogP contribution in [-0.4, -0.2) is 27.1 Å². The summed E-state index contributed by atoms with van der Waals surface area (Å²) in [6, 6.07) is 0. The second-order valence-electron chi connectivity index (χ2n) is 2.69. The number of carboxylic acid groups (broad SMARTS) is 2. The lowest BCUT2D eigenvalue weighted by Gasteiger charge is -1.96. The summed E-state index contributed by atoms with van der Waals surface area (Å²) >= 11 is 0. The van der Waals surface area contributed by atoms with Gasteiger partial charge in [-0.2, -0.15) is 0 Å². The van der Waals surface area contributed by atoms with E-state index in [2.05, 4.69) is 4.98 Å². The first-order valence-corrected chi connectivity index (χ1v) is 3.64. The summed E-state index contributed by atoms with van der Waals surface area (Å²) in [7, 11) is 0. The van der Waals surface area contributed by atoms with Crippen LogP contribution < -0.4 is 0 Å². The van der Waals surface area contributed by atoms with Crippen molar-refractivity contribution < 1.29 is 19.8 Å². The van der Waals surface area contributed by atoms with E-state index >= 15 is 0 Å². The van der Waals surface area contributed by atoms with Crippen molar-refractivity contribution in [3.8, 4) is 0 Å². The molecule has 0 aliphatic rings. The SMILES string of the molecule is Cc1[nH]cc(CC(=O)O)c1C(=O)O. The minimum Gasteiger partial charge on any atom is -0.481 e.